The Morgan fingerprint density at radius 1 is 1.39 bits per heavy atom. The molecule has 18 heavy (non-hydrogen) atoms. The lowest BCUT2D eigenvalue weighted by Gasteiger charge is -2.15. The van der Waals surface area contributed by atoms with E-state index < -0.39 is 0 Å². The summed E-state index contributed by atoms with van der Waals surface area (Å²) < 4.78 is 14.2. The summed E-state index contributed by atoms with van der Waals surface area (Å²) >= 11 is 11.0. The van der Waals surface area contributed by atoms with Crippen LogP contribution in [0.2, 0.25) is 5.02 Å². The van der Waals surface area contributed by atoms with E-state index in [0.29, 0.717) is 10.6 Å². The van der Waals surface area contributed by atoms with Gasteiger partial charge in [-0.05, 0) is 53.2 Å². The summed E-state index contributed by atoms with van der Waals surface area (Å²) in [6.07, 6.45) is 0. The van der Waals surface area contributed by atoms with E-state index in [1.165, 1.54) is 6.07 Å². The van der Waals surface area contributed by atoms with Gasteiger partial charge in [-0.2, -0.15) is 0 Å². The number of rotatable bonds is 3. The van der Waals surface area contributed by atoms with E-state index in [2.05, 4.69) is 21.2 Å². The van der Waals surface area contributed by atoms with E-state index in [-0.39, 0.29) is 11.9 Å². The van der Waals surface area contributed by atoms with Crippen LogP contribution in [0, 0.1) is 12.7 Å². The topological polar surface area (TPSA) is 12.0 Å². The Morgan fingerprint density at radius 3 is 2.61 bits per heavy atom. The number of hydrogen-bond acceptors (Lipinski definition) is 2. The van der Waals surface area contributed by atoms with Crippen molar-refractivity contribution >= 4 is 38.9 Å². The summed E-state index contributed by atoms with van der Waals surface area (Å²) in [4.78, 5) is 1.10. The SMILES string of the molecule is CNC(c1ccc(F)c(C)c1)c1cc(Cl)c(Br)s1. The van der Waals surface area contributed by atoms with Crippen molar-refractivity contribution in [3.8, 4) is 0 Å². The monoisotopic (exact) mass is 347 g/mol. The molecule has 1 aromatic heterocycles. The second kappa shape index (κ2) is 5.70. The Hall–Kier alpha value is -0.420. The van der Waals surface area contributed by atoms with Gasteiger partial charge in [0, 0.05) is 4.88 Å². The molecule has 5 heteroatoms. The van der Waals surface area contributed by atoms with Crippen molar-refractivity contribution in [2.75, 3.05) is 7.05 Å². The largest absolute Gasteiger partial charge is 0.309 e. The van der Waals surface area contributed by atoms with E-state index in [0.717, 1.165) is 14.2 Å². The highest BCUT2D eigenvalue weighted by Crippen LogP contribution is 2.37. The standard InChI is InChI=1S/C13H12BrClFNS/c1-7-5-8(3-4-10(7)16)12(17-2)11-6-9(15)13(14)18-11/h3-6,12,17H,1-2H3. The fraction of sp³-hybridized carbons (Fsp3) is 0.231. The van der Waals surface area contributed by atoms with Crippen molar-refractivity contribution in [2.24, 2.45) is 0 Å². The zero-order chi connectivity index (χ0) is 13.3. The molecular formula is C13H12BrClFNS. The van der Waals surface area contributed by atoms with Crippen molar-refractivity contribution in [3.63, 3.8) is 0 Å². The van der Waals surface area contributed by atoms with Gasteiger partial charge in [0.1, 0.15) is 5.82 Å². The summed E-state index contributed by atoms with van der Waals surface area (Å²) in [6, 6.07) is 7.11. The van der Waals surface area contributed by atoms with Crippen molar-refractivity contribution < 1.29 is 4.39 Å². The zero-order valence-corrected chi connectivity index (χ0v) is 13.1. The van der Waals surface area contributed by atoms with Crippen molar-refractivity contribution in [2.45, 2.75) is 13.0 Å². The van der Waals surface area contributed by atoms with E-state index in [1.54, 1.807) is 24.3 Å². The van der Waals surface area contributed by atoms with Crippen LogP contribution in [-0.2, 0) is 0 Å². The molecule has 1 N–H and O–H groups in total. The van der Waals surface area contributed by atoms with Crippen LogP contribution in [0.1, 0.15) is 22.0 Å². The lowest BCUT2D eigenvalue weighted by molar-refractivity contribution is 0.614. The molecule has 2 aromatic rings. The zero-order valence-electron chi connectivity index (χ0n) is 9.93. The smallest absolute Gasteiger partial charge is 0.126 e. The van der Waals surface area contributed by atoms with Gasteiger partial charge in [0.25, 0.3) is 0 Å². The lowest BCUT2D eigenvalue weighted by Crippen LogP contribution is -2.16. The normalized spacial score (nSPS) is 12.7. The summed E-state index contributed by atoms with van der Waals surface area (Å²) in [5.41, 5.74) is 1.68. The van der Waals surface area contributed by atoms with E-state index in [1.807, 2.05) is 19.2 Å². The summed E-state index contributed by atoms with van der Waals surface area (Å²) in [5.74, 6) is -0.181. The predicted octanol–water partition coefficient (Wildman–Crippen LogP) is 4.92. The maximum atomic E-state index is 13.3. The molecule has 1 aromatic carbocycles. The van der Waals surface area contributed by atoms with Gasteiger partial charge in [-0.15, -0.1) is 11.3 Å². The van der Waals surface area contributed by atoms with Crippen LogP contribution in [0.25, 0.3) is 0 Å². The molecule has 96 valence electrons. The Balaban J connectivity index is 2.41. The Morgan fingerprint density at radius 2 is 2.11 bits per heavy atom. The highest BCUT2D eigenvalue weighted by molar-refractivity contribution is 9.11. The van der Waals surface area contributed by atoms with Gasteiger partial charge in [0.05, 0.1) is 14.9 Å². The molecule has 0 aliphatic heterocycles. The van der Waals surface area contributed by atoms with Crippen LogP contribution in [0.15, 0.2) is 28.1 Å². The molecule has 0 spiro atoms. The first kappa shape index (κ1) is 14.0. The van der Waals surface area contributed by atoms with E-state index in [4.69, 9.17) is 11.6 Å². The van der Waals surface area contributed by atoms with Gasteiger partial charge in [0.15, 0.2) is 0 Å². The van der Waals surface area contributed by atoms with Gasteiger partial charge in [0.2, 0.25) is 0 Å². The molecule has 0 bridgehead atoms. The van der Waals surface area contributed by atoms with Crippen LogP contribution in [0.5, 0.6) is 0 Å². The number of nitrogens with one attached hydrogen (secondary N) is 1. The number of aryl methyl sites for hydroxylation is 1. The van der Waals surface area contributed by atoms with Gasteiger partial charge in [-0.3, -0.25) is 0 Å². The second-order valence-corrected chi connectivity index (χ2v) is 6.81. The van der Waals surface area contributed by atoms with Gasteiger partial charge < -0.3 is 5.32 Å². The van der Waals surface area contributed by atoms with Gasteiger partial charge in [-0.1, -0.05) is 23.7 Å². The minimum atomic E-state index is -0.181. The average molecular weight is 349 g/mol. The minimum absolute atomic E-state index is 0.0260. The minimum Gasteiger partial charge on any atom is -0.309 e. The average Bonchev–Trinajstić information content (AvgIpc) is 2.65. The summed E-state index contributed by atoms with van der Waals surface area (Å²) in [7, 11) is 1.88. The first-order valence-corrected chi connectivity index (χ1v) is 7.39. The molecule has 0 aliphatic carbocycles. The molecule has 0 amide bonds. The predicted molar refractivity (Wildman–Crippen MR) is 79.1 cm³/mol. The fourth-order valence-electron chi connectivity index (χ4n) is 1.83. The highest BCUT2D eigenvalue weighted by Gasteiger charge is 2.17. The third-order valence-electron chi connectivity index (χ3n) is 2.75. The fourth-order valence-corrected chi connectivity index (χ4v) is 3.71. The molecule has 1 atom stereocenters. The Labute approximate surface area is 123 Å². The molecular weight excluding hydrogens is 337 g/mol. The number of halogens is 3. The Kier molecular flexibility index (Phi) is 4.43. The lowest BCUT2D eigenvalue weighted by atomic mass is 10.0. The van der Waals surface area contributed by atoms with E-state index >= 15 is 0 Å². The maximum Gasteiger partial charge on any atom is 0.126 e. The summed E-state index contributed by atoms with van der Waals surface area (Å²) in [6.45, 7) is 1.77. The highest BCUT2D eigenvalue weighted by atomic mass is 79.9. The number of thiophene rings is 1. The van der Waals surface area contributed by atoms with Gasteiger partial charge in [-0.25, -0.2) is 4.39 Å². The molecule has 1 heterocycles. The first-order chi connectivity index (χ1) is 8.52. The van der Waals surface area contributed by atoms with Crippen molar-refractivity contribution in [1.29, 1.82) is 0 Å². The molecule has 1 nitrogen and oxygen atoms in total. The molecule has 0 saturated heterocycles. The van der Waals surface area contributed by atoms with E-state index in [9.17, 15) is 4.39 Å². The molecule has 0 aliphatic rings. The second-order valence-electron chi connectivity index (χ2n) is 4.00. The molecule has 0 saturated carbocycles. The van der Waals surface area contributed by atoms with Crippen LogP contribution >= 0.6 is 38.9 Å². The molecule has 0 radical (unpaired) electrons. The first-order valence-electron chi connectivity index (χ1n) is 5.41. The molecule has 1 unspecified atom stereocenters. The molecule has 0 fully saturated rings. The number of hydrogen-bond donors (Lipinski definition) is 1. The number of benzene rings is 1. The summed E-state index contributed by atoms with van der Waals surface area (Å²) in [5, 5.41) is 3.93. The van der Waals surface area contributed by atoms with Gasteiger partial charge >= 0.3 is 0 Å². The van der Waals surface area contributed by atoms with Crippen LogP contribution in [0.3, 0.4) is 0 Å². The van der Waals surface area contributed by atoms with Crippen LogP contribution in [0.4, 0.5) is 4.39 Å². The quantitative estimate of drug-likeness (QED) is 0.830. The third kappa shape index (κ3) is 2.77. The maximum absolute atomic E-state index is 13.3. The van der Waals surface area contributed by atoms with Crippen molar-refractivity contribution in [3.05, 3.63) is 54.9 Å². The van der Waals surface area contributed by atoms with Crippen LogP contribution < -0.4 is 5.32 Å². The third-order valence-corrected chi connectivity index (χ3v) is 5.29. The van der Waals surface area contributed by atoms with Crippen molar-refractivity contribution in [1.82, 2.24) is 5.32 Å². The Bertz CT molecular complexity index is 551. The molecule has 2 rings (SSSR count). The van der Waals surface area contributed by atoms with Crippen LogP contribution in [-0.4, -0.2) is 7.05 Å².